The first-order valence-electron chi connectivity index (χ1n) is 12.5. The monoisotopic (exact) mass is 539 g/mol. The summed E-state index contributed by atoms with van der Waals surface area (Å²) in [5, 5.41) is 2.70. The Kier molecular flexibility index (Phi) is 7.75. The molecular weight excluding hydrogens is 511 g/mol. The number of hydrogen-bond donors (Lipinski definition) is 1. The van der Waals surface area contributed by atoms with Gasteiger partial charge in [-0.15, -0.1) is 0 Å². The number of anilines is 1. The Morgan fingerprint density at radius 3 is 2.56 bits per heavy atom. The first-order valence-corrected chi connectivity index (χ1v) is 12.5. The highest BCUT2D eigenvalue weighted by Crippen LogP contribution is 2.30. The molecule has 39 heavy (non-hydrogen) atoms. The van der Waals surface area contributed by atoms with Crippen molar-refractivity contribution in [2.45, 2.75) is 6.43 Å². The van der Waals surface area contributed by atoms with Crippen LogP contribution >= 0.6 is 0 Å². The molecule has 12 heteroatoms. The van der Waals surface area contributed by atoms with Crippen LogP contribution in [0.15, 0.2) is 48.5 Å². The molecule has 0 saturated carbocycles. The van der Waals surface area contributed by atoms with Crippen LogP contribution in [0, 0.1) is 5.82 Å². The van der Waals surface area contributed by atoms with Crippen molar-refractivity contribution in [3.63, 3.8) is 0 Å². The topological polar surface area (TPSA) is 88.4 Å². The number of carbonyl (C=O) groups is 1. The van der Waals surface area contributed by atoms with E-state index in [1.54, 1.807) is 36.4 Å². The number of halogens is 3. The Balaban J connectivity index is 1.58. The van der Waals surface area contributed by atoms with Gasteiger partial charge < -0.3 is 19.9 Å². The third-order valence-corrected chi connectivity index (χ3v) is 6.37. The molecule has 1 aliphatic rings. The number of amides is 1. The van der Waals surface area contributed by atoms with Crippen LogP contribution in [0.2, 0.25) is 0 Å². The Morgan fingerprint density at radius 1 is 1.08 bits per heavy atom. The van der Waals surface area contributed by atoms with Crippen molar-refractivity contribution in [2.75, 3.05) is 58.4 Å². The summed E-state index contributed by atoms with van der Waals surface area (Å²) in [6.07, 6.45) is -2.88. The second-order valence-electron chi connectivity index (χ2n) is 9.36. The molecule has 0 spiro atoms. The maximum atomic E-state index is 15.1. The average Bonchev–Trinajstić information content (AvgIpc) is 3.33. The molecule has 0 aliphatic carbocycles. The van der Waals surface area contributed by atoms with E-state index in [0.29, 0.717) is 67.5 Å². The first-order chi connectivity index (χ1) is 18.8. The Hall–Kier alpha value is -4.03. The number of aromatic nitrogens is 4. The number of alkyl halides is 2. The quantitative estimate of drug-likeness (QED) is 0.366. The van der Waals surface area contributed by atoms with E-state index in [-0.39, 0.29) is 11.5 Å². The molecule has 1 amide bonds. The van der Waals surface area contributed by atoms with Gasteiger partial charge in [0.1, 0.15) is 11.6 Å². The minimum Gasteiger partial charge on any atom is -0.378 e. The summed E-state index contributed by atoms with van der Waals surface area (Å²) in [5.74, 6) is -1.25. The zero-order valence-electron chi connectivity index (χ0n) is 21.6. The summed E-state index contributed by atoms with van der Waals surface area (Å²) in [4.78, 5) is 29.7. The summed E-state index contributed by atoms with van der Waals surface area (Å²) in [6.45, 7) is 3.04. The molecule has 1 saturated heterocycles. The van der Waals surface area contributed by atoms with E-state index in [4.69, 9.17) is 4.74 Å². The molecule has 0 atom stereocenters. The number of ether oxygens (including phenoxy) is 1. The third-order valence-electron chi connectivity index (χ3n) is 6.37. The molecule has 3 heterocycles. The van der Waals surface area contributed by atoms with Gasteiger partial charge in [-0.25, -0.2) is 23.1 Å². The fraction of sp³-hybridized carbons (Fsp3) is 0.333. The highest BCUT2D eigenvalue weighted by molar-refractivity contribution is 5.95. The van der Waals surface area contributed by atoms with Crippen LogP contribution in [0.25, 0.3) is 28.2 Å². The smallest absolute Gasteiger partial charge is 0.296 e. The number of likely N-dealkylation sites (N-methyl/N-ethyl adjacent to an activating group) is 1. The number of nitrogens with zero attached hydrogens (tertiary/aromatic N) is 6. The maximum Gasteiger partial charge on any atom is 0.296 e. The molecule has 0 unspecified atom stereocenters. The number of hydrogen-bond acceptors (Lipinski definition) is 7. The molecular formula is C27H28F3N7O2. The molecule has 1 aliphatic heterocycles. The lowest BCUT2D eigenvalue weighted by molar-refractivity contribution is 0.0947. The van der Waals surface area contributed by atoms with E-state index in [1.807, 2.05) is 23.9 Å². The van der Waals surface area contributed by atoms with Gasteiger partial charge in [-0.3, -0.25) is 9.36 Å². The highest BCUT2D eigenvalue weighted by Gasteiger charge is 2.24. The largest absolute Gasteiger partial charge is 0.378 e. The van der Waals surface area contributed by atoms with Crippen LogP contribution in [0.1, 0.15) is 22.6 Å². The molecule has 1 N–H and O–H groups in total. The number of morpholine rings is 1. The highest BCUT2D eigenvalue weighted by atomic mass is 19.3. The number of para-hydroxylation sites is 2. The van der Waals surface area contributed by atoms with Gasteiger partial charge in [-0.1, -0.05) is 18.2 Å². The van der Waals surface area contributed by atoms with Crippen molar-refractivity contribution >= 4 is 22.8 Å². The van der Waals surface area contributed by atoms with Crippen LogP contribution in [0.4, 0.5) is 19.0 Å². The lowest BCUT2D eigenvalue weighted by atomic mass is 10.1. The number of imidazole rings is 1. The van der Waals surface area contributed by atoms with Crippen molar-refractivity contribution < 1.29 is 22.7 Å². The minimum atomic E-state index is -2.88. The molecule has 0 radical (unpaired) electrons. The molecule has 204 valence electrons. The normalized spacial score (nSPS) is 14.0. The van der Waals surface area contributed by atoms with E-state index in [0.717, 1.165) is 0 Å². The number of fused-ring (bicyclic) bond motifs is 1. The number of carbonyl (C=O) groups excluding carboxylic acids is 1. The van der Waals surface area contributed by atoms with Gasteiger partial charge in [0.2, 0.25) is 5.95 Å². The number of nitrogens with one attached hydrogen (secondary N) is 1. The standard InChI is InChI=1S/C27H28F3N7O2/c1-35(2)10-9-31-26(38)18-8-7-17(15-19(18)28)21-16-23(36-11-13-39-14-12-36)34-27(33-21)37-22-6-4-3-5-20(22)32-25(37)24(29)30/h3-8,15-16,24H,9-14H2,1-2H3,(H,31,38). The van der Waals surface area contributed by atoms with Crippen molar-refractivity contribution in [1.82, 2.24) is 29.7 Å². The average molecular weight is 540 g/mol. The van der Waals surface area contributed by atoms with Crippen molar-refractivity contribution in [3.05, 3.63) is 65.7 Å². The Labute approximate surface area is 223 Å². The van der Waals surface area contributed by atoms with Gasteiger partial charge in [-0.2, -0.15) is 4.98 Å². The summed E-state index contributed by atoms with van der Waals surface area (Å²) >= 11 is 0. The molecule has 2 aromatic carbocycles. The maximum absolute atomic E-state index is 15.1. The summed E-state index contributed by atoms with van der Waals surface area (Å²) in [7, 11) is 3.75. The van der Waals surface area contributed by atoms with E-state index >= 15 is 4.39 Å². The molecule has 9 nitrogen and oxygen atoms in total. The van der Waals surface area contributed by atoms with Gasteiger partial charge >= 0.3 is 0 Å². The van der Waals surface area contributed by atoms with Gasteiger partial charge in [-0.05, 0) is 38.4 Å². The second-order valence-corrected chi connectivity index (χ2v) is 9.36. The zero-order chi connectivity index (χ0) is 27.5. The molecule has 5 rings (SSSR count). The lowest BCUT2D eigenvalue weighted by Gasteiger charge is -2.28. The lowest BCUT2D eigenvalue weighted by Crippen LogP contribution is -2.37. The van der Waals surface area contributed by atoms with E-state index in [9.17, 15) is 13.6 Å². The van der Waals surface area contributed by atoms with Crippen LogP contribution in [-0.2, 0) is 4.74 Å². The molecule has 0 bridgehead atoms. The third kappa shape index (κ3) is 5.71. The first kappa shape index (κ1) is 26.6. The Bertz CT molecular complexity index is 1490. The summed E-state index contributed by atoms with van der Waals surface area (Å²) < 4.78 is 50.0. The molecule has 2 aromatic heterocycles. The number of benzene rings is 2. The zero-order valence-corrected chi connectivity index (χ0v) is 21.6. The SMILES string of the molecule is CN(C)CCNC(=O)c1ccc(-c2cc(N3CCOCC3)nc(-n3c(C(F)F)nc4ccccc43)n2)cc1F. The number of rotatable bonds is 8. The Morgan fingerprint density at radius 2 is 1.85 bits per heavy atom. The van der Waals surface area contributed by atoms with E-state index in [2.05, 4.69) is 20.3 Å². The van der Waals surface area contributed by atoms with Crippen LogP contribution in [-0.4, -0.2) is 83.8 Å². The summed E-state index contributed by atoms with van der Waals surface area (Å²) in [6, 6.07) is 12.6. The predicted octanol–water partition coefficient (Wildman–Crippen LogP) is 3.69. The van der Waals surface area contributed by atoms with E-state index < -0.39 is 24.0 Å². The summed E-state index contributed by atoms with van der Waals surface area (Å²) in [5.41, 5.74) is 1.40. The predicted molar refractivity (Wildman–Crippen MR) is 141 cm³/mol. The van der Waals surface area contributed by atoms with Crippen molar-refractivity contribution in [2.24, 2.45) is 0 Å². The van der Waals surface area contributed by atoms with Crippen molar-refractivity contribution in [1.29, 1.82) is 0 Å². The van der Waals surface area contributed by atoms with Crippen LogP contribution in [0.5, 0.6) is 0 Å². The van der Waals surface area contributed by atoms with Gasteiger partial charge in [0.05, 0.1) is 35.5 Å². The van der Waals surface area contributed by atoms with Gasteiger partial charge in [0.15, 0.2) is 5.82 Å². The second kappa shape index (κ2) is 11.4. The van der Waals surface area contributed by atoms with Gasteiger partial charge in [0.25, 0.3) is 12.3 Å². The molecule has 4 aromatic rings. The minimum absolute atomic E-state index is 0.0103. The van der Waals surface area contributed by atoms with Crippen LogP contribution < -0.4 is 10.2 Å². The fourth-order valence-corrected chi connectivity index (χ4v) is 4.37. The fourth-order valence-electron chi connectivity index (χ4n) is 4.37. The van der Waals surface area contributed by atoms with Crippen molar-refractivity contribution in [3.8, 4) is 17.2 Å². The van der Waals surface area contributed by atoms with E-state index in [1.165, 1.54) is 16.7 Å². The molecule has 1 fully saturated rings. The van der Waals surface area contributed by atoms with Crippen LogP contribution in [0.3, 0.4) is 0 Å². The van der Waals surface area contributed by atoms with Gasteiger partial charge in [0, 0.05) is 37.8 Å².